The maximum Gasteiger partial charge on any atom is 0.416 e. The van der Waals surface area contributed by atoms with E-state index < -0.39 is 11.7 Å². The van der Waals surface area contributed by atoms with Gasteiger partial charge >= 0.3 is 6.18 Å². The highest BCUT2D eigenvalue weighted by atomic mass is 35.5. The van der Waals surface area contributed by atoms with Gasteiger partial charge in [0.1, 0.15) is 5.75 Å². The highest BCUT2D eigenvalue weighted by Crippen LogP contribution is 2.40. The van der Waals surface area contributed by atoms with Crippen molar-refractivity contribution in [3.05, 3.63) is 57.6 Å². The molecule has 0 spiro atoms. The highest BCUT2D eigenvalue weighted by Gasteiger charge is 2.31. The van der Waals surface area contributed by atoms with Crippen LogP contribution in [0, 0.1) is 0 Å². The summed E-state index contributed by atoms with van der Waals surface area (Å²) < 4.78 is 38.2. The van der Waals surface area contributed by atoms with E-state index in [1.807, 2.05) is 0 Å². The number of phenols is 1. The normalized spacial score (nSPS) is 12.6. The van der Waals surface area contributed by atoms with Crippen molar-refractivity contribution in [3.63, 3.8) is 0 Å². The minimum absolute atomic E-state index is 0.148. The van der Waals surface area contributed by atoms with Crippen LogP contribution in [0.25, 0.3) is 0 Å². The smallest absolute Gasteiger partial charge is 0.416 e. The maximum absolute atomic E-state index is 12.7. The molecule has 1 amide bonds. The van der Waals surface area contributed by atoms with Crippen LogP contribution in [-0.4, -0.2) is 22.5 Å². The van der Waals surface area contributed by atoms with Gasteiger partial charge in [-0.25, -0.2) is 0 Å². The fourth-order valence-electron chi connectivity index (χ4n) is 3.50. The minimum Gasteiger partial charge on any atom is -0.507 e. The zero-order valence-electron chi connectivity index (χ0n) is 20.5. The molecule has 0 bridgehead atoms. The second kappa shape index (κ2) is 10.8. The summed E-state index contributed by atoms with van der Waals surface area (Å²) in [5, 5.41) is 13.3. The molecule has 0 atom stereocenters. The summed E-state index contributed by atoms with van der Waals surface area (Å²) in [6.45, 7) is 12.5. The van der Waals surface area contributed by atoms with Crippen LogP contribution in [0.2, 0.25) is 5.02 Å². The van der Waals surface area contributed by atoms with Crippen LogP contribution in [-0.2, 0) is 28.2 Å². The molecule has 2 N–H and O–H groups in total. The number of aromatic hydroxyl groups is 1. The van der Waals surface area contributed by atoms with Crippen molar-refractivity contribution in [1.29, 1.82) is 0 Å². The molecule has 3 nitrogen and oxygen atoms in total. The molecule has 0 aliphatic heterocycles. The molecule has 188 valence electrons. The average molecular weight is 516 g/mol. The van der Waals surface area contributed by atoms with E-state index in [-0.39, 0.29) is 33.2 Å². The molecule has 0 aliphatic rings. The van der Waals surface area contributed by atoms with Crippen molar-refractivity contribution in [2.24, 2.45) is 0 Å². The van der Waals surface area contributed by atoms with Crippen LogP contribution in [0.15, 0.2) is 30.3 Å². The van der Waals surface area contributed by atoms with E-state index in [0.29, 0.717) is 5.75 Å². The molecule has 2 aromatic carbocycles. The monoisotopic (exact) mass is 515 g/mol. The molecule has 0 radical (unpaired) electrons. The molecule has 34 heavy (non-hydrogen) atoms. The Labute approximate surface area is 209 Å². The molecule has 0 aromatic heterocycles. The molecule has 0 unspecified atom stereocenters. The molecule has 0 saturated carbocycles. The van der Waals surface area contributed by atoms with Crippen molar-refractivity contribution in [2.45, 2.75) is 71.4 Å². The Morgan fingerprint density at radius 3 is 2.03 bits per heavy atom. The van der Waals surface area contributed by atoms with Crippen molar-refractivity contribution in [3.8, 4) is 5.75 Å². The first-order valence-corrected chi connectivity index (χ1v) is 12.6. The van der Waals surface area contributed by atoms with Crippen LogP contribution in [0.1, 0.15) is 70.2 Å². The predicted molar refractivity (Wildman–Crippen MR) is 136 cm³/mol. The number of thioether (sulfide) groups is 1. The number of amides is 1. The van der Waals surface area contributed by atoms with E-state index >= 15 is 0 Å². The second-order valence-corrected chi connectivity index (χ2v) is 11.9. The van der Waals surface area contributed by atoms with E-state index in [1.54, 1.807) is 0 Å². The summed E-state index contributed by atoms with van der Waals surface area (Å²) in [6, 6.07) is 6.99. The lowest BCUT2D eigenvalue weighted by molar-refractivity contribution is -0.137. The van der Waals surface area contributed by atoms with Crippen LogP contribution < -0.4 is 5.32 Å². The van der Waals surface area contributed by atoms with Gasteiger partial charge in [0, 0.05) is 0 Å². The third-order valence-electron chi connectivity index (χ3n) is 5.34. The van der Waals surface area contributed by atoms with Gasteiger partial charge in [0.15, 0.2) is 0 Å². The van der Waals surface area contributed by atoms with E-state index in [1.165, 1.54) is 11.8 Å². The summed E-state index contributed by atoms with van der Waals surface area (Å²) in [5.41, 5.74) is 1.93. The number of hydrogen-bond donors (Lipinski definition) is 2. The summed E-state index contributed by atoms with van der Waals surface area (Å²) in [5.74, 6) is 0.955. The summed E-state index contributed by atoms with van der Waals surface area (Å²) >= 11 is 7.34. The number of benzene rings is 2. The van der Waals surface area contributed by atoms with E-state index in [9.17, 15) is 23.1 Å². The Balaban J connectivity index is 1.92. The first-order valence-electron chi connectivity index (χ1n) is 11.1. The molecular weight excluding hydrogens is 483 g/mol. The van der Waals surface area contributed by atoms with Crippen LogP contribution in [0.5, 0.6) is 5.75 Å². The van der Waals surface area contributed by atoms with Gasteiger partial charge in [-0.3, -0.25) is 4.79 Å². The van der Waals surface area contributed by atoms with Gasteiger partial charge in [-0.15, -0.1) is 0 Å². The Morgan fingerprint density at radius 1 is 1.00 bits per heavy atom. The molecule has 2 aromatic rings. The minimum atomic E-state index is -4.49. The topological polar surface area (TPSA) is 49.3 Å². The fraction of sp³-hybridized carbons (Fsp3) is 0.500. The summed E-state index contributed by atoms with van der Waals surface area (Å²) in [7, 11) is 0. The number of halogens is 4. The van der Waals surface area contributed by atoms with Gasteiger partial charge in [-0.2, -0.15) is 24.9 Å². The van der Waals surface area contributed by atoms with Gasteiger partial charge in [0.25, 0.3) is 0 Å². The molecule has 0 saturated heterocycles. The van der Waals surface area contributed by atoms with Crippen molar-refractivity contribution in [1.82, 2.24) is 0 Å². The fourth-order valence-corrected chi connectivity index (χ4v) is 4.48. The summed E-state index contributed by atoms with van der Waals surface area (Å²) in [6.07, 6.45) is -2.83. The lowest BCUT2D eigenvalue weighted by atomic mass is 9.78. The molecule has 2 rings (SSSR count). The van der Waals surface area contributed by atoms with Gasteiger partial charge < -0.3 is 10.4 Å². The van der Waals surface area contributed by atoms with Crippen molar-refractivity contribution in [2.75, 3.05) is 16.8 Å². The Morgan fingerprint density at radius 2 is 1.56 bits per heavy atom. The zero-order valence-corrected chi connectivity index (χ0v) is 22.1. The number of alkyl halides is 3. The van der Waals surface area contributed by atoms with Gasteiger partial charge in [-0.1, -0.05) is 65.3 Å². The third-order valence-corrected chi connectivity index (χ3v) is 6.70. The van der Waals surface area contributed by atoms with Gasteiger partial charge in [-0.05, 0) is 64.3 Å². The Hall–Kier alpha value is -1.86. The van der Waals surface area contributed by atoms with Crippen LogP contribution in [0.3, 0.4) is 0 Å². The van der Waals surface area contributed by atoms with Crippen molar-refractivity contribution < 1.29 is 23.1 Å². The number of rotatable bonds is 7. The number of hydrogen-bond acceptors (Lipinski definition) is 3. The second-order valence-electron chi connectivity index (χ2n) is 10.4. The molecular formula is C26H33ClF3NO2S. The predicted octanol–water partition coefficient (Wildman–Crippen LogP) is 7.96. The Kier molecular flexibility index (Phi) is 9.03. The quantitative estimate of drug-likeness (QED) is 0.368. The van der Waals surface area contributed by atoms with Gasteiger partial charge in [0.2, 0.25) is 5.91 Å². The number of carbonyl (C=O) groups is 1. The standard InChI is InChI=1S/C26H33ClF3NO2S/c1-24(2,3)18-12-16(13-19(23(18)33)25(4,5)6)8-7-11-34-15-22(32)31-21-10-9-17(14-20(21)27)26(28,29)30/h9-10,12-14,33H,7-8,11,15H2,1-6H3,(H,31,32). The number of anilines is 1. The molecule has 0 heterocycles. The number of aryl methyl sites for hydroxylation is 1. The van der Waals surface area contributed by atoms with E-state index in [4.69, 9.17) is 11.6 Å². The van der Waals surface area contributed by atoms with Crippen molar-refractivity contribution >= 4 is 35.0 Å². The first-order chi connectivity index (χ1) is 15.5. The SMILES string of the molecule is CC(C)(C)c1cc(CCCSCC(=O)Nc2ccc(C(F)(F)F)cc2Cl)cc(C(C)(C)C)c1O. The first kappa shape index (κ1) is 28.4. The lowest BCUT2D eigenvalue weighted by Gasteiger charge is -2.28. The molecule has 0 aliphatic carbocycles. The zero-order chi connectivity index (χ0) is 25.9. The maximum atomic E-state index is 12.7. The summed E-state index contributed by atoms with van der Waals surface area (Å²) in [4.78, 5) is 12.2. The lowest BCUT2D eigenvalue weighted by Crippen LogP contribution is -2.18. The number of nitrogens with one attached hydrogen (secondary N) is 1. The average Bonchev–Trinajstić information content (AvgIpc) is 2.67. The Bertz CT molecular complexity index is 989. The van der Waals surface area contributed by atoms with Crippen LogP contribution >= 0.6 is 23.4 Å². The van der Waals surface area contributed by atoms with E-state index in [2.05, 4.69) is 59.0 Å². The third kappa shape index (κ3) is 7.84. The van der Waals surface area contributed by atoms with E-state index in [0.717, 1.165) is 53.5 Å². The number of carbonyl (C=O) groups excluding carboxylic acids is 1. The number of phenolic OH excluding ortho intramolecular Hbond substituents is 1. The van der Waals surface area contributed by atoms with Crippen LogP contribution in [0.4, 0.5) is 18.9 Å². The van der Waals surface area contributed by atoms with Gasteiger partial charge in [0.05, 0.1) is 22.0 Å². The molecule has 0 fully saturated rings. The largest absolute Gasteiger partial charge is 0.507 e. The highest BCUT2D eigenvalue weighted by molar-refractivity contribution is 7.99. The molecule has 8 heteroatoms.